The fraction of sp³-hybridized carbons (Fsp3) is 0.625. The van der Waals surface area contributed by atoms with Gasteiger partial charge in [-0.2, -0.15) is 0 Å². The van der Waals surface area contributed by atoms with E-state index in [9.17, 15) is 9.50 Å². The van der Waals surface area contributed by atoms with Crippen molar-refractivity contribution >= 4 is 5.69 Å². The molecule has 1 aromatic carbocycles. The first-order valence-electron chi connectivity index (χ1n) is 7.13. The lowest BCUT2D eigenvalue weighted by atomic mass is 9.70. The second kappa shape index (κ2) is 5.91. The van der Waals surface area contributed by atoms with Gasteiger partial charge in [0.15, 0.2) is 0 Å². The second-order valence-electron chi connectivity index (χ2n) is 6.17. The van der Waals surface area contributed by atoms with Gasteiger partial charge >= 0.3 is 0 Å². The van der Waals surface area contributed by atoms with Gasteiger partial charge in [-0.05, 0) is 30.9 Å². The Balaban J connectivity index is 2.12. The van der Waals surface area contributed by atoms with E-state index >= 15 is 0 Å². The Morgan fingerprint density at radius 3 is 2.79 bits per heavy atom. The van der Waals surface area contributed by atoms with E-state index in [1.54, 1.807) is 12.1 Å². The molecule has 2 nitrogen and oxygen atoms in total. The minimum absolute atomic E-state index is 0.0747. The Hall–Kier alpha value is -1.09. The standard InChI is InChI=1S/C16H24FNO/c1-13-6-5-9-16(10-13,12-19)11-18(2)15-8-4-3-7-14(15)17/h3-4,7-8,13,19H,5-6,9-12H2,1-2H3. The van der Waals surface area contributed by atoms with Crippen molar-refractivity contribution in [2.75, 3.05) is 25.1 Å². The van der Waals surface area contributed by atoms with E-state index in [0.29, 0.717) is 11.6 Å². The summed E-state index contributed by atoms with van der Waals surface area (Å²) in [4.78, 5) is 1.95. The minimum atomic E-state index is -0.193. The van der Waals surface area contributed by atoms with Crippen LogP contribution in [0.3, 0.4) is 0 Å². The molecule has 0 amide bonds. The van der Waals surface area contributed by atoms with E-state index in [1.165, 1.54) is 12.5 Å². The fourth-order valence-electron chi connectivity index (χ4n) is 3.46. The molecule has 0 spiro atoms. The van der Waals surface area contributed by atoms with Crippen molar-refractivity contribution in [2.45, 2.75) is 32.6 Å². The molecular formula is C16H24FNO. The number of para-hydroxylation sites is 1. The Morgan fingerprint density at radius 1 is 1.42 bits per heavy atom. The molecule has 0 aromatic heterocycles. The average Bonchev–Trinajstić information content (AvgIpc) is 2.39. The molecule has 1 fully saturated rings. The van der Waals surface area contributed by atoms with Crippen LogP contribution in [0, 0.1) is 17.2 Å². The van der Waals surface area contributed by atoms with Crippen LogP contribution < -0.4 is 4.90 Å². The summed E-state index contributed by atoms with van der Waals surface area (Å²) in [7, 11) is 1.91. The number of hydrogen-bond donors (Lipinski definition) is 1. The molecule has 1 N–H and O–H groups in total. The molecule has 3 heteroatoms. The Bertz CT molecular complexity index is 423. The van der Waals surface area contributed by atoms with Crippen LogP contribution in [0.1, 0.15) is 32.6 Å². The predicted molar refractivity (Wildman–Crippen MR) is 76.8 cm³/mol. The molecule has 2 rings (SSSR count). The van der Waals surface area contributed by atoms with E-state index in [2.05, 4.69) is 6.92 Å². The van der Waals surface area contributed by atoms with Crippen molar-refractivity contribution in [1.82, 2.24) is 0 Å². The molecule has 0 heterocycles. The van der Waals surface area contributed by atoms with Crippen LogP contribution in [0.15, 0.2) is 24.3 Å². The van der Waals surface area contributed by atoms with Crippen molar-refractivity contribution < 1.29 is 9.50 Å². The predicted octanol–water partition coefficient (Wildman–Crippen LogP) is 3.45. The highest BCUT2D eigenvalue weighted by Gasteiger charge is 2.35. The molecule has 1 aromatic rings. The maximum absolute atomic E-state index is 13.8. The largest absolute Gasteiger partial charge is 0.396 e. The van der Waals surface area contributed by atoms with Gasteiger partial charge in [0, 0.05) is 19.0 Å². The van der Waals surface area contributed by atoms with Gasteiger partial charge in [-0.25, -0.2) is 4.39 Å². The average molecular weight is 265 g/mol. The number of hydrogen-bond acceptors (Lipinski definition) is 2. The summed E-state index contributed by atoms with van der Waals surface area (Å²) in [6, 6.07) is 6.84. The fourth-order valence-corrected chi connectivity index (χ4v) is 3.46. The van der Waals surface area contributed by atoms with Crippen LogP contribution in [0.4, 0.5) is 10.1 Å². The lowest BCUT2D eigenvalue weighted by molar-refractivity contribution is 0.0675. The number of anilines is 1. The van der Waals surface area contributed by atoms with Crippen molar-refractivity contribution in [3.05, 3.63) is 30.1 Å². The third kappa shape index (κ3) is 3.27. The quantitative estimate of drug-likeness (QED) is 0.901. The van der Waals surface area contributed by atoms with Gasteiger partial charge in [-0.1, -0.05) is 31.9 Å². The van der Waals surface area contributed by atoms with Crippen molar-refractivity contribution in [3.8, 4) is 0 Å². The molecule has 1 saturated carbocycles. The number of halogens is 1. The van der Waals surface area contributed by atoms with E-state index in [4.69, 9.17) is 0 Å². The Kier molecular flexibility index (Phi) is 4.46. The molecule has 106 valence electrons. The number of nitrogens with zero attached hydrogens (tertiary/aromatic N) is 1. The summed E-state index contributed by atoms with van der Waals surface area (Å²) < 4.78 is 13.8. The molecule has 19 heavy (non-hydrogen) atoms. The number of rotatable bonds is 4. The molecule has 1 aliphatic rings. The molecule has 0 aliphatic heterocycles. The first kappa shape index (κ1) is 14.3. The molecular weight excluding hydrogens is 241 g/mol. The summed E-state index contributed by atoms with van der Waals surface area (Å²) in [5.74, 6) is 0.455. The topological polar surface area (TPSA) is 23.5 Å². The zero-order valence-electron chi connectivity index (χ0n) is 11.9. The van der Waals surface area contributed by atoms with E-state index < -0.39 is 0 Å². The third-order valence-corrected chi connectivity index (χ3v) is 4.36. The molecule has 2 atom stereocenters. The summed E-state index contributed by atoms with van der Waals surface area (Å²) >= 11 is 0. The smallest absolute Gasteiger partial charge is 0.146 e. The van der Waals surface area contributed by atoms with E-state index in [1.807, 2.05) is 18.0 Å². The molecule has 0 bridgehead atoms. The number of benzene rings is 1. The van der Waals surface area contributed by atoms with Crippen LogP contribution in [-0.4, -0.2) is 25.3 Å². The van der Waals surface area contributed by atoms with Crippen molar-refractivity contribution in [1.29, 1.82) is 0 Å². The summed E-state index contributed by atoms with van der Waals surface area (Å²) in [6.45, 7) is 3.15. The van der Waals surface area contributed by atoms with Gasteiger partial charge in [0.25, 0.3) is 0 Å². The van der Waals surface area contributed by atoms with Crippen LogP contribution in [0.2, 0.25) is 0 Å². The molecule has 0 radical (unpaired) electrons. The van der Waals surface area contributed by atoms with Crippen LogP contribution in [0.5, 0.6) is 0 Å². The summed E-state index contributed by atoms with van der Waals surface area (Å²) in [5.41, 5.74) is 0.544. The molecule has 0 saturated heterocycles. The van der Waals surface area contributed by atoms with E-state index in [-0.39, 0.29) is 17.8 Å². The highest BCUT2D eigenvalue weighted by atomic mass is 19.1. The third-order valence-electron chi connectivity index (χ3n) is 4.36. The zero-order chi connectivity index (χ0) is 13.9. The first-order chi connectivity index (χ1) is 9.06. The summed E-state index contributed by atoms with van der Waals surface area (Å²) in [6.07, 6.45) is 4.47. The van der Waals surface area contributed by atoms with Gasteiger partial charge in [0.1, 0.15) is 5.82 Å². The van der Waals surface area contributed by atoms with Gasteiger partial charge in [-0.15, -0.1) is 0 Å². The first-order valence-corrected chi connectivity index (χ1v) is 7.13. The molecule has 1 aliphatic carbocycles. The van der Waals surface area contributed by atoms with Crippen molar-refractivity contribution in [3.63, 3.8) is 0 Å². The van der Waals surface area contributed by atoms with Crippen LogP contribution in [-0.2, 0) is 0 Å². The van der Waals surface area contributed by atoms with E-state index in [0.717, 1.165) is 25.8 Å². The lowest BCUT2D eigenvalue weighted by Gasteiger charge is -2.41. The number of aliphatic hydroxyl groups is 1. The zero-order valence-corrected chi connectivity index (χ0v) is 11.9. The monoisotopic (exact) mass is 265 g/mol. The highest BCUT2D eigenvalue weighted by molar-refractivity contribution is 5.47. The van der Waals surface area contributed by atoms with Gasteiger partial charge in [-0.3, -0.25) is 0 Å². The Labute approximate surface area is 115 Å². The van der Waals surface area contributed by atoms with Crippen LogP contribution >= 0.6 is 0 Å². The maximum Gasteiger partial charge on any atom is 0.146 e. The highest BCUT2D eigenvalue weighted by Crippen LogP contribution is 2.40. The molecule has 2 unspecified atom stereocenters. The normalized spacial score (nSPS) is 27.3. The van der Waals surface area contributed by atoms with Gasteiger partial charge < -0.3 is 10.0 Å². The van der Waals surface area contributed by atoms with Gasteiger partial charge in [0.2, 0.25) is 0 Å². The van der Waals surface area contributed by atoms with Gasteiger partial charge in [0.05, 0.1) is 12.3 Å². The second-order valence-corrected chi connectivity index (χ2v) is 6.17. The Morgan fingerprint density at radius 2 is 2.16 bits per heavy atom. The van der Waals surface area contributed by atoms with Crippen LogP contribution in [0.25, 0.3) is 0 Å². The number of aliphatic hydroxyl groups excluding tert-OH is 1. The SMILES string of the molecule is CC1CCCC(CO)(CN(C)c2ccccc2F)C1. The lowest BCUT2D eigenvalue weighted by Crippen LogP contribution is -2.42. The summed E-state index contributed by atoms with van der Waals surface area (Å²) in [5, 5.41) is 9.80. The minimum Gasteiger partial charge on any atom is -0.396 e. The van der Waals surface area contributed by atoms with Crippen molar-refractivity contribution in [2.24, 2.45) is 11.3 Å². The maximum atomic E-state index is 13.8.